The zero-order valence-corrected chi connectivity index (χ0v) is 20.6. The lowest BCUT2D eigenvalue weighted by molar-refractivity contribution is -0.116. The standard InChI is InChI=1S/C27H26N2O5S/c1-4-34-27(33)23-21(18-11-9-17(10-12-18)16(2)3)15-35-24(23)28-22(30)13-14-29-25(31)19-7-5-6-8-20(19)26(29)32/h5-12,15-16H,4,13-14H2,1-3H3,(H,28,30). The molecule has 0 saturated heterocycles. The van der Waals surface area contributed by atoms with Gasteiger partial charge in [-0.25, -0.2) is 4.79 Å². The minimum Gasteiger partial charge on any atom is -0.462 e. The van der Waals surface area contributed by atoms with E-state index < -0.39 is 23.7 Å². The van der Waals surface area contributed by atoms with Gasteiger partial charge in [-0.1, -0.05) is 50.2 Å². The predicted molar refractivity (Wildman–Crippen MR) is 135 cm³/mol. The van der Waals surface area contributed by atoms with E-state index >= 15 is 0 Å². The zero-order chi connectivity index (χ0) is 25.1. The average Bonchev–Trinajstić information content (AvgIpc) is 3.37. The molecule has 3 amide bonds. The quantitative estimate of drug-likeness (QED) is 0.340. The summed E-state index contributed by atoms with van der Waals surface area (Å²) in [5, 5.41) is 4.96. The number of fused-ring (bicyclic) bond motifs is 1. The second kappa shape index (κ2) is 10.2. The van der Waals surface area contributed by atoms with Crippen LogP contribution in [0.1, 0.15) is 69.7 Å². The van der Waals surface area contributed by atoms with E-state index in [-0.39, 0.29) is 19.6 Å². The molecule has 1 N–H and O–H groups in total. The van der Waals surface area contributed by atoms with E-state index in [0.29, 0.717) is 33.2 Å². The molecular weight excluding hydrogens is 464 g/mol. The topological polar surface area (TPSA) is 92.8 Å². The largest absolute Gasteiger partial charge is 0.462 e. The molecule has 8 heteroatoms. The molecule has 0 radical (unpaired) electrons. The Morgan fingerprint density at radius 1 is 0.971 bits per heavy atom. The van der Waals surface area contributed by atoms with Crippen molar-refractivity contribution >= 4 is 40.0 Å². The third-order valence-corrected chi connectivity index (χ3v) is 6.75. The molecule has 1 aliphatic rings. The van der Waals surface area contributed by atoms with Gasteiger partial charge in [0.1, 0.15) is 10.6 Å². The van der Waals surface area contributed by atoms with Gasteiger partial charge in [0.15, 0.2) is 0 Å². The van der Waals surface area contributed by atoms with Crippen molar-refractivity contribution in [3.8, 4) is 11.1 Å². The fourth-order valence-electron chi connectivity index (χ4n) is 3.96. The molecule has 4 rings (SSSR count). The number of ether oxygens (including phenoxy) is 1. The molecule has 0 unspecified atom stereocenters. The Kier molecular flexibility index (Phi) is 7.12. The summed E-state index contributed by atoms with van der Waals surface area (Å²) in [4.78, 5) is 51.7. The molecule has 2 aromatic carbocycles. The fraction of sp³-hybridized carbons (Fsp3) is 0.259. The van der Waals surface area contributed by atoms with Gasteiger partial charge in [0, 0.05) is 23.9 Å². The smallest absolute Gasteiger partial charge is 0.341 e. The molecule has 0 fully saturated rings. The molecule has 3 aromatic rings. The van der Waals surface area contributed by atoms with Crippen LogP contribution < -0.4 is 5.32 Å². The van der Waals surface area contributed by atoms with Crippen molar-refractivity contribution in [1.82, 2.24) is 4.90 Å². The second-order valence-corrected chi connectivity index (χ2v) is 9.34. The van der Waals surface area contributed by atoms with Gasteiger partial charge in [-0.15, -0.1) is 11.3 Å². The maximum Gasteiger partial charge on any atom is 0.341 e. The lowest BCUT2D eigenvalue weighted by Gasteiger charge is -2.14. The van der Waals surface area contributed by atoms with Crippen LogP contribution in [0, 0.1) is 0 Å². The van der Waals surface area contributed by atoms with Gasteiger partial charge in [-0.2, -0.15) is 0 Å². The number of benzene rings is 2. The van der Waals surface area contributed by atoms with E-state index in [1.54, 1.807) is 31.2 Å². The van der Waals surface area contributed by atoms with E-state index in [4.69, 9.17) is 4.74 Å². The summed E-state index contributed by atoms with van der Waals surface area (Å²) in [6.45, 7) is 6.09. The van der Waals surface area contributed by atoms with Crippen LogP contribution in [0.3, 0.4) is 0 Å². The summed E-state index contributed by atoms with van der Waals surface area (Å²) in [5.41, 5.74) is 3.69. The molecule has 7 nitrogen and oxygen atoms in total. The van der Waals surface area contributed by atoms with Crippen LogP contribution in [0.25, 0.3) is 11.1 Å². The van der Waals surface area contributed by atoms with Crippen molar-refractivity contribution in [3.63, 3.8) is 0 Å². The van der Waals surface area contributed by atoms with Gasteiger partial charge in [0.05, 0.1) is 17.7 Å². The molecule has 1 aromatic heterocycles. The number of nitrogens with zero attached hydrogens (tertiary/aromatic N) is 1. The average molecular weight is 491 g/mol. The van der Waals surface area contributed by atoms with Gasteiger partial charge in [0.25, 0.3) is 11.8 Å². The van der Waals surface area contributed by atoms with E-state index in [1.807, 2.05) is 29.6 Å². The van der Waals surface area contributed by atoms with Crippen LogP contribution in [0.2, 0.25) is 0 Å². The Balaban J connectivity index is 1.51. The van der Waals surface area contributed by atoms with Gasteiger partial charge < -0.3 is 10.1 Å². The summed E-state index contributed by atoms with van der Waals surface area (Å²) >= 11 is 1.23. The second-order valence-electron chi connectivity index (χ2n) is 8.46. The van der Waals surface area contributed by atoms with Crippen LogP contribution in [0.15, 0.2) is 53.9 Å². The van der Waals surface area contributed by atoms with E-state index in [9.17, 15) is 19.2 Å². The van der Waals surface area contributed by atoms with Crippen molar-refractivity contribution in [2.75, 3.05) is 18.5 Å². The third-order valence-electron chi connectivity index (χ3n) is 5.85. The number of amides is 3. The number of esters is 1. The molecule has 0 bridgehead atoms. The first kappa shape index (κ1) is 24.3. The van der Waals surface area contributed by atoms with Crippen LogP contribution in [0.5, 0.6) is 0 Å². The maximum atomic E-state index is 12.8. The number of rotatable bonds is 8. The van der Waals surface area contributed by atoms with Gasteiger partial charge in [-0.3, -0.25) is 19.3 Å². The number of thiophene rings is 1. The summed E-state index contributed by atoms with van der Waals surface area (Å²) in [6.07, 6.45) is -0.0932. The number of carbonyl (C=O) groups excluding carboxylic acids is 4. The number of hydrogen-bond donors (Lipinski definition) is 1. The monoisotopic (exact) mass is 490 g/mol. The molecule has 0 saturated carbocycles. The number of imide groups is 1. The van der Waals surface area contributed by atoms with Crippen molar-refractivity contribution in [2.24, 2.45) is 0 Å². The molecule has 0 aliphatic carbocycles. The Bertz CT molecular complexity index is 1260. The molecular formula is C27H26N2O5S. The molecule has 0 atom stereocenters. The highest BCUT2D eigenvalue weighted by molar-refractivity contribution is 7.15. The summed E-state index contributed by atoms with van der Waals surface area (Å²) < 4.78 is 5.26. The molecule has 2 heterocycles. The van der Waals surface area contributed by atoms with Crippen molar-refractivity contribution in [2.45, 2.75) is 33.1 Å². The van der Waals surface area contributed by atoms with Gasteiger partial charge >= 0.3 is 5.97 Å². The van der Waals surface area contributed by atoms with Crippen LogP contribution in [-0.2, 0) is 9.53 Å². The Morgan fingerprint density at radius 3 is 2.17 bits per heavy atom. The van der Waals surface area contributed by atoms with E-state index in [0.717, 1.165) is 10.5 Å². The number of carbonyl (C=O) groups is 4. The lowest BCUT2D eigenvalue weighted by atomic mass is 9.98. The first-order valence-corrected chi connectivity index (χ1v) is 12.3. The maximum absolute atomic E-state index is 12.8. The van der Waals surface area contributed by atoms with E-state index in [2.05, 4.69) is 19.2 Å². The first-order chi connectivity index (χ1) is 16.8. The number of anilines is 1. The van der Waals surface area contributed by atoms with Crippen LogP contribution >= 0.6 is 11.3 Å². The van der Waals surface area contributed by atoms with Crippen molar-refractivity contribution < 1.29 is 23.9 Å². The summed E-state index contributed by atoms with van der Waals surface area (Å²) in [5.74, 6) is -1.36. The lowest BCUT2D eigenvalue weighted by Crippen LogP contribution is -2.32. The van der Waals surface area contributed by atoms with Crippen molar-refractivity contribution in [1.29, 1.82) is 0 Å². The zero-order valence-electron chi connectivity index (χ0n) is 19.8. The minimum absolute atomic E-state index is 0.0538. The highest BCUT2D eigenvalue weighted by Crippen LogP contribution is 2.37. The van der Waals surface area contributed by atoms with Crippen LogP contribution in [-0.4, -0.2) is 41.7 Å². The van der Waals surface area contributed by atoms with Gasteiger partial charge in [0.2, 0.25) is 5.91 Å². The first-order valence-electron chi connectivity index (χ1n) is 11.5. The Hall–Kier alpha value is -3.78. The summed E-state index contributed by atoms with van der Waals surface area (Å²) in [6, 6.07) is 14.5. The summed E-state index contributed by atoms with van der Waals surface area (Å²) in [7, 11) is 0. The van der Waals surface area contributed by atoms with E-state index in [1.165, 1.54) is 16.9 Å². The minimum atomic E-state index is -0.521. The predicted octanol–water partition coefficient (Wildman–Crippen LogP) is 5.34. The third kappa shape index (κ3) is 4.88. The normalized spacial score (nSPS) is 12.7. The highest BCUT2D eigenvalue weighted by Gasteiger charge is 2.35. The van der Waals surface area contributed by atoms with Crippen LogP contribution in [0.4, 0.5) is 5.00 Å². The van der Waals surface area contributed by atoms with Gasteiger partial charge in [-0.05, 0) is 36.1 Å². The van der Waals surface area contributed by atoms with Crippen molar-refractivity contribution in [3.05, 3.63) is 76.2 Å². The molecule has 1 aliphatic heterocycles. The number of nitrogens with one attached hydrogen (secondary N) is 1. The SMILES string of the molecule is CCOC(=O)c1c(-c2ccc(C(C)C)cc2)csc1NC(=O)CCN1C(=O)c2ccccc2C1=O. The fourth-order valence-corrected chi connectivity index (χ4v) is 4.93. The molecule has 35 heavy (non-hydrogen) atoms. The highest BCUT2D eigenvalue weighted by atomic mass is 32.1. The number of hydrogen-bond acceptors (Lipinski definition) is 6. The molecule has 180 valence electrons. The Morgan fingerprint density at radius 2 is 1.60 bits per heavy atom. The molecule has 0 spiro atoms. The Labute approximate surface area is 207 Å².